The first-order valence-electron chi connectivity index (χ1n) is 9.72. The Hall–Kier alpha value is -2.76. The van der Waals surface area contributed by atoms with E-state index in [1.807, 2.05) is 53.4 Å². The van der Waals surface area contributed by atoms with Crippen LogP contribution in [0.3, 0.4) is 0 Å². The number of ether oxygens (including phenoxy) is 1. The van der Waals surface area contributed by atoms with E-state index in [9.17, 15) is 13.9 Å². The Morgan fingerprint density at radius 2 is 1.83 bits per heavy atom. The van der Waals surface area contributed by atoms with Gasteiger partial charge in [0.05, 0.1) is 6.10 Å². The van der Waals surface area contributed by atoms with Crippen molar-refractivity contribution in [2.45, 2.75) is 25.6 Å². The molecule has 0 fully saturated rings. The number of aliphatic hydroxyl groups is 1. The summed E-state index contributed by atoms with van der Waals surface area (Å²) in [5, 5.41) is 10.7. The number of rotatable bonds is 5. The fraction of sp³-hybridized carbons (Fsp3) is 0.250. The van der Waals surface area contributed by atoms with E-state index in [1.54, 1.807) is 0 Å². The molecule has 0 aromatic heterocycles. The second-order valence-corrected chi connectivity index (χ2v) is 7.37. The lowest BCUT2D eigenvalue weighted by molar-refractivity contribution is 0.178. The summed E-state index contributed by atoms with van der Waals surface area (Å²) in [5.74, 6) is -0.0918. The van der Waals surface area contributed by atoms with Crippen LogP contribution in [0.2, 0.25) is 0 Å². The third-order valence-electron chi connectivity index (χ3n) is 5.20. The van der Waals surface area contributed by atoms with Crippen molar-refractivity contribution in [3.8, 4) is 5.75 Å². The van der Waals surface area contributed by atoms with Crippen LogP contribution in [0.25, 0.3) is 0 Å². The van der Waals surface area contributed by atoms with Crippen molar-refractivity contribution in [3.63, 3.8) is 0 Å². The highest BCUT2D eigenvalue weighted by Crippen LogP contribution is 2.29. The maximum atomic E-state index is 14.0. The minimum Gasteiger partial charge on any atom is -0.492 e. The molecule has 0 radical (unpaired) electrons. The molecule has 29 heavy (non-hydrogen) atoms. The van der Waals surface area contributed by atoms with Gasteiger partial charge in [0.15, 0.2) is 0 Å². The van der Waals surface area contributed by atoms with Crippen molar-refractivity contribution in [1.82, 2.24) is 4.90 Å². The van der Waals surface area contributed by atoms with E-state index >= 15 is 0 Å². The highest BCUT2D eigenvalue weighted by molar-refractivity contribution is 5.39. The van der Waals surface area contributed by atoms with Crippen LogP contribution in [0, 0.1) is 11.6 Å². The average Bonchev–Trinajstić information content (AvgIpc) is 2.92. The summed E-state index contributed by atoms with van der Waals surface area (Å²) in [5.41, 5.74) is 3.14. The van der Waals surface area contributed by atoms with Gasteiger partial charge in [-0.1, -0.05) is 36.4 Å². The molecule has 0 saturated carbocycles. The third-order valence-corrected chi connectivity index (χ3v) is 5.20. The normalized spacial score (nSPS) is 15.3. The van der Waals surface area contributed by atoms with Gasteiger partial charge < -0.3 is 9.84 Å². The van der Waals surface area contributed by atoms with Crippen LogP contribution in [0.5, 0.6) is 5.75 Å². The molecule has 3 nitrogen and oxygen atoms in total. The predicted molar refractivity (Wildman–Crippen MR) is 108 cm³/mol. The quantitative estimate of drug-likeness (QED) is 0.683. The molecule has 0 bridgehead atoms. The fourth-order valence-corrected chi connectivity index (χ4v) is 3.67. The molecule has 1 aliphatic heterocycles. The van der Waals surface area contributed by atoms with E-state index in [-0.39, 0.29) is 0 Å². The maximum Gasteiger partial charge on any atom is 0.127 e. The molecule has 1 atom stereocenters. The summed E-state index contributed by atoms with van der Waals surface area (Å²) in [6.07, 6.45) is -0.0984. The van der Waals surface area contributed by atoms with Gasteiger partial charge in [-0.3, -0.25) is 4.90 Å². The summed E-state index contributed by atoms with van der Waals surface area (Å²) in [4.78, 5) is 2.02. The molecular formula is C24H23F2NO2. The molecule has 0 aliphatic carbocycles. The summed E-state index contributed by atoms with van der Waals surface area (Å²) in [6, 6.07) is 19.1. The summed E-state index contributed by atoms with van der Waals surface area (Å²) in [7, 11) is 0. The molecule has 3 aromatic rings. The monoisotopic (exact) mass is 395 g/mol. The zero-order valence-electron chi connectivity index (χ0n) is 16.0. The average molecular weight is 395 g/mol. The Balaban J connectivity index is 1.51. The smallest absolute Gasteiger partial charge is 0.127 e. The van der Waals surface area contributed by atoms with Crippen LogP contribution in [-0.2, 0) is 19.5 Å². The maximum absolute atomic E-state index is 14.0. The van der Waals surface area contributed by atoms with Crippen molar-refractivity contribution in [2.75, 3.05) is 13.2 Å². The summed E-state index contributed by atoms with van der Waals surface area (Å²) < 4.78 is 33.4. The predicted octanol–water partition coefficient (Wildman–Crippen LogP) is 4.64. The van der Waals surface area contributed by atoms with Gasteiger partial charge in [-0.15, -0.1) is 0 Å². The first-order valence-corrected chi connectivity index (χ1v) is 9.72. The number of aliphatic hydroxyl groups excluding tert-OH is 1. The van der Waals surface area contributed by atoms with Gasteiger partial charge in [0.2, 0.25) is 0 Å². The number of hydrogen-bond acceptors (Lipinski definition) is 3. The Morgan fingerprint density at radius 3 is 2.66 bits per heavy atom. The number of fused-ring (bicyclic) bond motifs is 1. The topological polar surface area (TPSA) is 32.7 Å². The number of benzene rings is 3. The van der Waals surface area contributed by atoms with Crippen LogP contribution in [0.15, 0.2) is 66.7 Å². The molecule has 1 unspecified atom stereocenters. The standard InChI is InChI=1S/C24H23F2NO2/c25-21-7-8-22(26)19(14-21)15-27-10-11-29-24-9-6-18(13-20(24)16-27)23(28)12-17-4-2-1-3-5-17/h1-9,13-14,23,28H,10-12,15-16H2. The van der Waals surface area contributed by atoms with E-state index in [0.29, 0.717) is 38.2 Å². The lowest BCUT2D eigenvalue weighted by atomic mass is 9.99. The van der Waals surface area contributed by atoms with E-state index in [1.165, 1.54) is 6.07 Å². The Bertz CT molecular complexity index is 978. The highest BCUT2D eigenvalue weighted by atomic mass is 19.1. The van der Waals surface area contributed by atoms with E-state index in [0.717, 1.165) is 34.6 Å². The largest absolute Gasteiger partial charge is 0.492 e. The number of hydrogen-bond donors (Lipinski definition) is 1. The van der Waals surface area contributed by atoms with Crippen LogP contribution < -0.4 is 4.74 Å². The zero-order valence-corrected chi connectivity index (χ0v) is 16.0. The van der Waals surface area contributed by atoms with Crippen LogP contribution in [0.1, 0.15) is 28.4 Å². The molecule has 1 N–H and O–H groups in total. The van der Waals surface area contributed by atoms with Crippen LogP contribution >= 0.6 is 0 Å². The van der Waals surface area contributed by atoms with Crippen LogP contribution in [0.4, 0.5) is 8.78 Å². The molecule has 0 amide bonds. The van der Waals surface area contributed by atoms with Gasteiger partial charge in [0.1, 0.15) is 24.0 Å². The molecule has 4 rings (SSSR count). The molecule has 150 valence electrons. The lowest BCUT2D eigenvalue weighted by Gasteiger charge is -2.20. The first kappa shape index (κ1) is 19.6. The molecule has 3 aromatic carbocycles. The van der Waals surface area contributed by atoms with Gasteiger partial charge >= 0.3 is 0 Å². The second kappa shape index (κ2) is 8.72. The van der Waals surface area contributed by atoms with Crippen molar-refractivity contribution in [1.29, 1.82) is 0 Å². The van der Waals surface area contributed by atoms with Crippen molar-refractivity contribution >= 4 is 0 Å². The van der Waals surface area contributed by atoms with Crippen molar-refractivity contribution in [3.05, 3.63) is 101 Å². The molecule has 1 heterocycles. The minimum atomic E-state index is -0.625. The SMILES string of the molecule is OC(Cc1ccccc1)c1ccc2c(c1)CN(Cc1cc(F)ccc1F)CCO2. The van der Waals surface area contributed by atoms with Crippen LogP contribution in [-0.4, -0.2) is 23.2 Å². The molecule has 1 aliphatic rings. The molecule has 0 spiro atoms. The Morgan fingerprint density at radius 1 is 1.00 bits per heavy atom. The summed E-state index contributed by atoms with van der Waals surface area (Å²) >= 11 is 0. The zero-order chi connectivity index (χ0) is 20.2. The van der Waals surface area contributed by atoms with Crippen molar-refractivity contribution < 1.29 is 18.6 Å². The lowest BCUT2D eigenvalue weighted by Crippen LogP contribution is -2.25. The fourth-order valence-electron chi connectivity index (χ4n) is 3.67. The molecular weight excluding hydrogens is 372 g/mol. The van der Waals surface area contributed by atoms with Gasteiger partial charge in [0.25, 0.3) is 0 Å². The van der Waals surface area contributed by atoms with Gasteiger partial charge in [0, 0.05) is 37.2 Å². The number of halogens is 2. The Labute approximate surface area is 169 Å². The molecule has 5 heteroatoms. The molecule has 0 saturated heterocycles. The highest BCUT2D eigenvalue weighted by Gasteiger charge is 2.19. The summed E-state index contributed by atoms with van der Waals surface area (Å²) in [6.45, 7) is 1.91. The van der Waals surface area contributed by atoms with Gasteiger partial charge in [-0.05, 0) is 41.5 Å². The van der Waals surface area contributed by atoms with E-state index < -0.39 is 17.7 Å². The second-order valence-electron chi connectivity index (χ2n) is 7.37. The Kier molecular flexibility index (Phi) is 5.88. The third kappa shape index (κ3) is 4.81. The van der Waals surface area contributed by atoms with E-state index in [2.05, 4.69) is 0 Å². The minimum absolute atomic E-state index is 0.295. The first-order chi connectivity index (χ1) is 14.1. The van der Waals surface area contributed by atoms with Gasteiger partial charge in [-0.2, -0.15) is 0 Å². The van der Waals surface area contributed by atoms with Crippen molar-refractivity contribution in [2.24, 2.45) is 0 Å². The van der Waals surface area contributed by atoms with E-state index in [4.69, 9.17) is 4.74 Å². The van der Waals surface area contributed by atoms with Gasteiger partial charge in [-0.25, -0.2) is 8.78 Å². The number of nitrogens with zero attached hydrogens (tertiary/aromatic N) is 1.